The highest BCUT2D eigenvalue weighted by atomic mass is 32.2. The third kappa shape index (κ3) is 2.03. The molecule has 0 amide bonds. The van der Waals surface area contributed by atoms with Gasteiger partial charge >= 0.3 is 0 Å². The summed E-state index contributed by atoms with van der Waals surface area (Å²) in [7, 11) is 0. The number of hydrogen-bond acceptors (Lipinski definition) is 2. The van der Waals surface area contributed by atoms with Crippen molar-refractivity contribution in [2.45, 2.75) is 48.7 Å². The van der Waals surface area contributed by atoms with Crippen LogP contribution in [0, 0.1) is 0 Å². The normalized spacial score (nSPS) is 24.8. The number of nitrogens with zero attached hydrogens (tertiary/aromatic N) is 1. The first-order chi connectivity index (χ1) is 7.93. The lowest BCUT2D eigenvalue weighted by molar-refractivity contribution is 0.610. The molecule has 84 valence electrons. The molecule has 0 bridgehead atoms. The first kappa shape index (κ1) is 10.4. The molecule has 1 saturated carbocycles. The summed E-state index contributed by atoms with van der Waals surface area (Å²) in [6, 6.07) is 8.56. The van der Waals surface area contributed by atoms with E-state index in [2.05, 4.69) is 24.3 Å². The van der Waals surface area contributed by atoms with Gasteiger partial charge in [-0.25, -0.2) is 0 Å². The van der Waals surface area contributed by atoms with Crippen LogP contribution in [0.4, 0.5) is 5.69 Å². The highest BCUT2D eigenvalue weighted by Gasteiger charge is 2.23. The van der Waals surface area contributed by atoms with Crippen LogP contribution < -0.4 is 0 Å². The molecular weight excluding hydrogens is 214 g/mol. The third-order valence-electron chi connectivity index (χ3n) is 3.42. The number of fused-ring (bicyclic) bond motifs is 2. The van der Waals surface area contributed by atoms with Gasteiger partial charge in [0.1, 0.15) is 0 Å². The average Bonchev–Trinajstić information content (AvgIpc) is 2.29. The van der Waals surface area contributed by atoms with Crippen molar-refractivity contribution in [1.82, 2.24) is 0 Å². The lowest BCUT2D eigenvalue weighted by Gasteiger charge is -2.26. The van der Waals surface area contributed by atoms with Gasteiger partial charge in [-0.1, -0.05) is 31.4 Å². The van der Waals surface area contributed by atoms with Gasteiger partial charge < -0.3 is 0 Å². The van der Waals surface area contributed by atoms with Gasteiger partial charge in [0.15, 0.2) is 0 Å². The van der Waals surface area contributed by atoms with Crippen molar-refractivity contribution in [3.05, 3.63) is 24.3 Å². The SMILES string of the molecule is c1ccc2c(c1)N=C1CCCCCCC1S2. The Morgan fingerprint density at radius 2 is 1.94 bits per heavy atom. The predicted molar refractivity (Wildman–Crippen MR) is 70.9 cm³/mol. The van der Waals surface area contributed by atoms with Crippen molar-refractivity contribution >= 4 is 23.2 Å². The van der Waals surface area contributed by atoms with Crippen LogP contribution in [0.25, 0.3) is 0 Å². The van der Waals surface area contributed by atoms with E-state index in [0.717, 1.165) is 0 Å². The Hall–Kier alpha value is -0.760. The van der Waals surface area contributed by atoms with Crippen molar-refractivity contribution < 1.29 is 0 Å². The summed E-state index contributed by atoms with van der Waals surface area (Å²) in [5, 5.41) is 0.662. The lowest BCUT2D eigenvalue weighted by atomic mass is 9.98. The number of para-hydroxylation sites is 1. The Morgan fingerprint density at radius 1 is 1.06 bits per heavy atom. The summed E-state index contributed by atoms with van der Waals surface area (Å²) in [4.78, 5) is 6.24. The van der Waals surface area contributed by atoms with Crippen LogP contribution in [-0.4, -0.2) is 11.0 Å². The van der Waals surface area contributed by atoms with Gasteiger partial charge in [-0.15, -0.1) is 11.8 Å². The number of thioether (sulfide) groups is 1. The van der Waals surface area contributed by atoms with Gasteiger partial charge in [0.05, 0.1) is 5.69 Å². The van der Waals surface area contributed by atoms with Gasteiger partial charge in [-0.3, -0.25) is 4.99 Å². The zero-order valence-electron chi connectivity index (χ0n) is 9.48. The highest BCUT2D eigenvalue weighted by Crippen LogP contribution is 2.41. The first-order valence-corrected chi connectivity index (χ1v) is 7.14. The van der Waals surface area contributed by atoms with Crippen LogP contribution in [0.3, 0.4) is 0 Å². The smallest absolute Gasteiger partial charge is 0.0765 e. The molecular formula is C14H17NS. The van der Waals surface area contributed by atoms with Crippen LogP contribution in [0.5, 0.6) is 0 Å². The Labute approximate surface area is 101 Å². The van der Waals surface area contributed by atoms with Crippen LogP contribution >= 0.6 is 11.8 Å². The van der Waals surface area contributed by atoms with Gasteiger partial charge in [0.2, 0.25) is 0 Å². The van der Waals surface area contributed by atoms with E-state index >= 15 is 0 Å². The molecule has 2 aliphatic rings. The zero-order chi connectivity index (χ0) is 10.8. The standard InChI is InChI=1S/C14H17NS/c1-2-4-9-13-11(7-3-1)15-12-8-5-6-10-14(12)16-13/h5-6,8,10,13H,1-4,7,9H2. The van der Waals surface area contributed by atoms with E-state index in [0.29, 0.717) is 5.25 Å². The Kier molecular flexibility index (Phi) is 3.00. The molecule has 0 N–H and O–H groups in total. The van der Waals surface area contributed by atoms with Crippen LogP contribution in [0.1, 0.15) is 38.5 Å². The fourth-order valence-corrected chi connectivity index (χ4v) is 3.82. The second-order valence-corrected chi connectivity index (χ2v) is 5.87. The molecule has 1 aromatic rings. The zero-order valence-corrected chi connectivity index (χ0v) is 10.3. The second-order valence-electron chi connectivity index (χ2n) is 4.63. The molecule has 1 nitrogen and oxygen atoms in total. The molecule has 1 unspecified atom stereocenters. The maximum absolute atomic E-state index is 4.86. The highest BCUT2D eigenvalue weighted by molar-refractivity contribution is 8.00. The minimum absolute atomic E-state index is 0.662. The molecule has 3 rings (SSSR count). The largest absolute Gasteiger partial charge is 0.255 e. The van der Waals surface area contributed by atoms with Crippen molar-refractivity contribution in [1.29, 1.82) is 0 Å². The van der Waals surface area contributed by atoms with E-state index in [1.54, 1.807) is 0 Å². The Morgan fingerprint density at radius 3 is 2.94 bits per heavy atom. The molecule has 1 aliphatic carbocycles. The molecule has 2 heteroatoms. The van der Waals surface area contributed by atoms with Crippen molar-refractivity contribution in [2.24, 2.45) is 4.99 Å². The second kappa shape index (κ2) is 4.62. The third-order valence-corrected chi connectivity index (χ3v) is 4.81. The molecule has 0 aromatic heterocycles. The summed E-state index contributed by atoms with van der Waals surface area (Å²) < 4.78 is 0. The summed E-state index contributed by atoms with van der Waals surface area (Å²) in [6.45, 7) is 0. The average molecular weight is 231 g/mol. The first-order valence-electron chi connectivity index (χ1n) is 6.26. The predicted octanol–water partition coefficient (Wildman–Crippen LogP) is 4.59. The minimum atomic E-state index is 0.662. The number of aliphatic imine (C=N–C) groups is 1. The monoisotopic (exact) mass is 231 g/mol. The van der Waals surface area contributed by atoms with Crippen LogP contribution in [-0.2, 0) is 0 Å². The summed E-state index contributed by atoms with van der Waals surface area (Å²) >= 11 is 2.03. The number of rotatable bonds is 0. The fourth-order valence-electron chi connectivity index (χ4n) is 2.53. The number of hydrogen-bond donors (Lipinski definition) is 0. The van der Waals surface area contributed by atoms with E-state index in [1.165, 1.54) is 54.8 Å². The van der Waals surface area contributed by atoms with Crippen molar-refractivity contribution in [3.8, 4) is 0 Å². The van der Waals surface area contributed by atoms with E-state index < -0.39 is 0 Å². The molecule has 0 saturated heterocycles. The molecule has 1 fully saturated rings. The summed E-state index contributed by atoms with van der Waals surface area (Å²) in [6.07, 6.45) is 8.03. The van der Waals surface area contributed by atoms with Crippen molar-refractivity contribution in [3.63, 3.8) is 0 Å². The Balaban J connectivity index is 1.92. The van der Waals surface area contributed by atoms with Crippen molar-refractivity contribution in [2.75, 3.05) is 0 Å². The van der Waals surface area contributed by atoms with E-state index in [9.17, 15) is 0 Å². The molecule has 0 spiro atoms. The number of benzene rings is 1. The molecule has 1 aromatic carbocycles. The van der Waals surface area contributed by atoms with Gasteiger partial charge in [-0.2, -0.15) is 0 Å². The van der Waals surface area contributed by atoms with Crippen LogP contribution in [0.2, 0.25) is 0 Å². The van der Waals surface area contributed by atoms with Crippen LogP contribution in [0.15, 0.2) is 34.2 Å². The minimum Gasteiger partial charge on any atom is -0.255 e. The molecule has 1 aliphatic heterocycles. The van der Waals surface area contributed by atoms with E-state index in [4.69, 9.17) is 4.99 Å². The lowest BCUT2D eigenvalue weighted by Crippen LogP contribution is -2.21. The maximum Gasteiger partial charge on any atom is 0.0765 e. The molecule has 1 heterocycles. The summed E-state index contributed by atoms with van der Waals surface area (Å²) in [5.41, 5.74) is 2.64. The maximum atomic E-state index is 4.86. The molecule has 0 radical (unpaired) electrons. The fraction of sp³-hybridized carbons (Fsp3) is 0.500. The van der Waals surface area contributed by atoms with E-state index in [1.807, 2.05) is 11.8 Å². The Bertz CT molecular complexity index is 411. The molecule has 16 heavy (non-hydrogen) atoms. The molecule has 1 atom stereocenters. The van der Waals surface area contributed by atoms with Gasteiger partial charge in [0, 0.05) is 15.9 Å². The van der Waals surface area contributed by atoms with Gasteiger partial charge in [0.25, 0.3) is 0 Å². The quantitative estimate of drug-likeness (QED) is 0.636. The topological polar surface area (TPSA) is 12.4 Å². The van der Waals surface area contributed by atoms with Gasteiger partial charge in [-0.05, 0) is 31.4 Å². The summed E-state index contributed by atoms with van der Waals surface area (Å²) in [5.74, 6) is 0. The van der Waals surface area contributed by atoms with E-state index in [-0.39, 0.29) is 0 Å².